The van der Waals surface area contributed by atoms with E-state index < -0.39 is 53.5 Å². The molecular formula is C24H34N2O7S3. The Morgan fingerprint density at radius 3 is 1.75 bits per heavy atom. The van der Waals surface area contributed by atoms with Crippen LogP contribution < -0.4 is 4.72 Å². The van der Waals surface area contributed by atoms with Crippen molar-refractivity contribution in [2.24, 2.45) is 0 Å². The van der Waals surface area contributed by atoms with E-state index in [0.717, 1.165) is 15.4 Å². The number of sulfonamides is 2. The van der Waals surface area contributed by atoms with Crippen LogP contribution >= 0.6 is 0 Å². The van der Waals surface area contributed by atoms with E-state index in [0.29, 0.717) is 0 Å². The lowest BCUT2D eigenvalue weighted by Crippen LogP contribution is -2.49. The Balaban J connectivity index is 1.85. The number of benzene rings is 2. The van der Waals surface area contributed by atoms with Gasteiger partial charge in [0, 0.05) is 13.1 Å². The van der Waals surface area contributed by atoms with Gasteiger partial charge in [0.25, 0.3) is 0 Å². The Morgan fingerprint density at radius 1 is 0.861 bits per heavy atom. The number of sulfone groups is 1. The Morgan fingerprint density at radius 2 is 1.33 bits per heavy atom. The van der Waals surface area contributed by atoms with Crippen molar-refractivity contribution >= 4 is 29.9 Å². The van der Waals surface area contributed by atoms with Crippen molar-refractivity contribution in [3.63, 3.8) is 0 Å². The first-order chi connectivity index (χ1) is 16.6. The molecule has 2 aromatic carbocycles. The summed E-state index contributed by atoms with van der Waals surface area (Å²) < 4.78 is 80.2. The van der Waals surface area contributed by atoms with Crippen LogP contribution in [0.15, 0.2) is 58.3 Å². The Labute approximate surface area is 214 Å². The molecule has 0 amide bonds. The van der Waals surface area contributed by atoms with Crippen LogP contribution in [0, 0.1) is 0 Å². The van der Waals surface area contributed by atoms with Crippen LogP contribution in [0.1, 0.15) is 50.7 Å². The molecule has 0 aromatic heterocycles. The fourth-order valence-electron chi connectivity index (χ4n) is 4.12. The highest BCUT2D eigenvalue weighted by Crippen LogP contribution is 2.26. The topological polar surface area (TPSA) is 138 Å². The van der Waals surface area contributed by atoms with Gasteiger partial charge in [-0.3, -0.25) is 0 Å². The lowest BCUT2D eigenvalue weighted by Gasteiger charge is -2.29. The second-order valence-electron chi connectivity index (χ2n) is 9.67. The summed E-state index contributed by atoms with van der Waals surface area (Å²) in [6, 6.07) is 11.4. The first-order valence-electron chi connectivity index (χ1n) is 11.7. The van der Waals surface area contributed by atoms with Crippen LogP contribution in [-0.2, 0) is 29.9 Å². The van der Waals surface area contributed by atoms with E-state index in [4.69, 9.17) is 0 Å². The molecule has 12 heteroatoms. The number of nitrogens with one attached hydrogen (secondary N) is 1. The van der Waals surface area contributed by atoms with Crippen molar-refractivity contribution in [2.75, 3.05) is 24.6 Å². The van der Waals surface area contributed by atoms with E-state index in [2.05, 4.69) is 4.72 Å². The Kier molecular flexibility index (Phi) is 8.69. The maximum Gasteiger partial charge on any atom is 0.243 e. The summed E-state index contributed by atoms with van der Waals surface area (Å²) in [6.45, 7) is 7.27. The van der Waals surface area contributed by atoms with Crippen molar-refractivity contribution in [1.82, 2.24) is 9.03 Å². The van der Waals surface area contributed by atoms with Gasteiger partial charge in [0.15, 0.2) is 9.84 Å². The van der Waals surface area contributed by atoms with Crippen molar-refractivity contribution < 1.29 is 30.4 Å². The molecule has 1 aliphatic rings. The monoisotopic (exact) mass is 558 g/mol. The molecule has 0 saturated carbocycles. The normalized spacial score (nSPS) is 20.4. The van der Waals surface area contributed by atoms with Crippen LogP contribution in [0.25, 0.3) is 0 Å². The summed E-state index contributed by atoms with van der Waals surface area (Å²) in [6.07, 6.45) is -1.42. The molecule has 0 aliphatic carbocycles. The smallest absolute Gasteiger partial charge is 0.243 e. The van der Waals surface area contributed by atoms with Gasteiger partial charge >= 0.3 is 0 Å². The Hall–Kier alpha value is -1.83. The first kappa shape index (κ1) is 28.7. The molecule has 2 aromatic rings. The molecule has 0 radical (unpaired) electrons. The van der Waals surface area contributed by atoms with Gasteiger partial charge < -0.3 is 5.11 Å². The highest BCUT2D eigenvalue weighted by Gasteiger charge is 2.44. The van der Waals surface area contributed by atoms with Crippen molar-refractivity contribution in [3.8, 4) is 0 Å². The van der Waals surface area contributed by atoms with Gasteiger partial charge in [-0.1, -0.05) is 52.0 Å². The van der Waals surface area contributed by atoms with E-state index in [1.165, 1.54) is 24.3 Å². The van der Waals surface area contributed by atoms with Crippen LogP contribution in [0.3, 0.4) is 0 Å². The van der Waals surface area contributed by atoms with E-state index in [-0.39, 0.29) is 34.7 Å². The SMILES string of the molecule is CC(C)c1ccc(S(=O)(=O)NCCN([C@@H]2CS(=O)(=O)C[C@H]2O)S(=O)(=O)c2ccc(C(C)C)cc2)cc1. The van der Waals surface area contributed by atoms with Gasteiger partial charge in [0.1, 0.15) is 0 Å². The van der Waals surface area contributed by atoms with Gasteiger partial charge in [0.05, 0.1) is 33.4 Å². The predicted octanol–water partition coefficient (Wildman–Crippen LogP) is 2.06. The molecular weight excluding hydrogens is 524 g/mol. The summed E-state index contributed by atoms with van der Waals surface area (Å²) in [7, 11) is -11.8. The minimum absolute atomic E-state index is 0.0362. The van der Waals surface area contributed by atoms with E-state index in [9.17, 15) is 30.4 Å². The molecule has 2 atom stereocenters. The van der Waals surface area contributed by atoms with Gasteiger partial charge in [-0.2, -0.15) is 4.31 Å². The van der Waals surface area contributed by atoms with Crippen molar-refractivity contribution in [1.29, 1.82) is 0 Å². The quantitative estimate of drug-likeness (QED) is 0.455. The molecule has 9 nitrogen and oxygen atoms in total. The maximum absolute atomic E-state index is 13.5. The molecule has 1 fully saturated rings. The highest BCUT2D eigenvalue weighted by atomic mass is 32.2. The third kappa shape index (κ3) is 6.53. The number of rotatable bonds is 10. The predicted molar refractivity (Wildman–Crippen MR) is 139 cm³/mol. The van der Waals surface area contributed by atoms with Crippen LogP contribution in [0.2, 0.25) is 0 Å². The van der Waals surface area contributed by atoms with Gasteiger partial charge in [-0.05, 0) is 47.2 Å². The Bertz CT molecular complexity index is 1370. The third-order valence-corrected chi connectivity index (χ3v) is 11.4. The lowest BCUT2D eigenvalue weighted by atomic mass is 10.0. The molecule has 2 N–H and O–H groups in total. The second-order valence-corrected chi connectivity index (χ2v) is 15.5. The summed E-state index contributed by atoms with van der Waals surface area (Å²) in [5.74, 6) is -0.675. The molecule has 1 heterocycles. The van der Waals surface area contributed by atoms with Crippen molar-refractivity contribution in [2.45, 2.75) is 61.5 Å². The number of aliphatic hydroxyl groups excluding tert-OH is 1. The molecule has 200 valence electrons. The zero-order valence-corrected chi connectivity index (χ0v) is 23.3. The minimum atomic E-state index is -4.23. The van der Waals surface area contributed by atoms with E-state index in [1.54, 1.807) is 24.3 Å². The number of hydrogen-bond acceptors (Lipinski definition) is 7. The lowest BCUT2D eigenvalue weighted by molar-refractivity contribution is 0.128. The molecule has 1 saturated heterocycles. The molecule has 36 heavy (non-hydrogen) atoms. The van der Waals surface area contributed by atoms with E-state index >= 15 is 0 Å². The average Bonchev–Trinajstić information content (AvgIpc) is 3.08. The summed E-state index contributed by atoms with van der Waals surface area (Å²) in [5, 5.41) is 10.4. The number of hydrogen-bond donors (Lipinski definition) is 2. The largest absolute Gasteiger partial charge is 0.390 e. The van der Waals surface area contributed by atoms with Gasteiger partial charge in [-0.25, -0.2) is 30.0 Å². The zero-order chi connectivity index (χ0) is 26.9. The molecule has 0 bridgehead atoms. The zero-order valence-electron chi connectivity index (χ0n) is 20.8. The van der Waals surface area contributed by atoms with E-state index in [1.807, 2.05) is 27.7 Å². The van der Waals surface area contributed by atoms with Crippen LogP contribution in [0.4, 0.5) is 0 Å². The van der Waals surface area contributed by atoms with Crippen LogP contribution in [-0.4, -0.2) is 71.4 Å². The highest BCUT2D eigenvalue weighted by molar-refractivity contribution is 7.92. The number of nitrogens with zero attached hydrogens (tertiary/aromatic N) is 1. The summed E-state index contributed by atoms with van der Waals surface area (Å²) in [5.41, 5.74) is 1.91. The molecule has 0 spiro atoms. The first-order valence-corrected chi connectivity index (χ1v) is 16.5. The van der Waals surface area contributed by atoms with Crippen molar-refractivity contribution in [3.05, 3.63) is 59.7 Å². The summed E-state index contributed by atoms with van der Waals surface area (Å²) in [4.78, 5) is -0.0235. The van der Waals surface area contributed by atoms with Crippen LogP contribution in [0.5, 0.6) is 0 Å². The summed E-state index contributed by atoms with van der Waals surface area (Å²) >= 11 is 0. The van der Waals surface area contributed by atoms with Gasteiger partial charge in [-0.15, -0.1) is 0 Å². The molecule has 0 unspecified atom stereocenters. The third-order valence-electron chi connectivity index (χ3n) is 6.30. The molecule has 3 rings (SSSR count). The standard InChI is InChI=1S/C24H34N2O7S3/c1-17(2)19-5-9-21(10-6-19)35(30,31)25-13-14-26(23-15-34(28,29)16-24(23)27)36(32,33)22-11-7-20(8-12-22)18(3)4/h5-12,17-18,23-25,27H,13-16H2,1-4H3/t23-,24-/m1/s1. The minimum Gasteiger partial charge on any atom is -0.390 e. The fraction of sp³-hybridized carbons (Fsp3) is 0.500. The second kappa shape index (κ2) is 10.9. The maximum atomic E-state index is 13.5. The molecule has 1 aliphatic heterocycles. The number of aliphatic hydroxyl groups is 1. The average molecular weight is 559 g/mol. The van der Waals surface area contributed by atoms with Gasteiger partial charge in [0.2, 0.25) is 20.0 Å². The fourth-order valence-corrected chi connectivity index (χ4v) is 8.69.